The number of hydrogen-bond donors (Lipinski definition) is 1. The maximum Gasteiger partial charge on any atom is 0.181 e. The number of benzene rings is 2. The normalized spacial score (nSPS) is 11.0. The van der Waals surface area contributed by atoms with Crippen molar-refractivity contribution in [3.05, 3.63) is 78.2 Å². The highest BCUT2D eigenvalue weighted by atomic mass is 32.2. The van der Waals surface area contributed by atoms with Gasteiger partial charge in [0.25, 0.3) is 0 Å². The number of hydrogen-bond acceptors (Lipinski definition) is 4. The summed E-state index contributed by atoms with van der Waals surface area (Å²) in [5.74, 6) is 0.756. The van der Waals surface area contributed by atoms with Crippen LogP contribution in [0.15, 0.2) is 72.0 Å². The van der Waals surface area contributed by atoms with Crippen LogP contribution in [0, 0.1) is 13.8 Å². The van der Waals surface area contributed by atoms with Crippen LogP contribution >= 0.6 is 11.9 Å². The molecule has 0 bridgehead atoms. The van der Waals surface area contributed by atoms with E-state index in [0.29, 0.717) is 0 Å². The quantitative estimate of drug-likeness (QED) is 0.520. The van der Waals surface area contributed by atoms with Gasteiger partial charge in [-0.2, -0.15) is 0 Å². The van der Waals surface area contributed by atoms with E-state index in [-0.39, 0.29) is 0 Å². The van der Waals surface area contributed by atoms with E-state index in [1.807, 2.05) is 16.8 Å². The van der Waals surface area contributed by atoms with Crippen molar-refractivity contribution in [2.45, 2.75) is 18.7 Å². The Kier molecular flexibility index (Phi) is 4.15. The summed E-state index contributed by atoms with van der Waals surface area (Å²) < 4.78 is 5.32. The minimum absolute atomic E-state index is 0.756. The molecule has 0 radical (unpaired) electrons. The molecule has 25 heavy (non-hydrogen) atoms. The molecule has 4 rings (SSSR count). The van der Waals surface area contributed by atoms with Crippen LogP contribution in [0.25, 0.3) is 16.9 Å². The van der Waals surface area contributed by atoms with Crippen molar-refractivity contribution in [2.75, 3.05) is 4.72 Å². The number of fused-ring (bicyclic) bond motifs is 1. The van der Waals surface area contributed by atoms with Crippen LogP contribution in [0.5, 0.6) is 0 Å². The van der Waals surface area contributed by atoms with Gasteiger partial charge >= 0.3 is 0 Å². The zero-order valence-electron chi connectivity index (χ0n) is 14.1. The lowest BCUT2D eigenvalue weighted by atomic mass is 10.1. The molecule has 124 valence electrons. The predicted octanol–water partition coefficient (Wildman–Crippen LogP) is 5.13. The molecule has 0 amide bonds. The van der Waals surface area contributed by atoms with E-state index < -0.39 is 0 Å². The molecular weight excluding hydrogens is 328 g/mol. The van der Waals surface area contributed by atoms with Gasteiger partial charge in [0, 0.05) is 29.0 Å². The summed E-state index contributed by atoms with van der Waals surface area (Å²) in [5, 5.41) is 0. The van der Waals surface area contributed by atoms with Gasteiger partial charge in [-0.3, -0.25) is 0 Å². The van der Waals surface area contributed by atoms with E-state index >= 15 is 0 Å². The van der Waals surface area contributed by atoms with Gasteiger partial charge in [0.1, 0.15) is 0 Å². The molecule has 0 spiro atoms. The Morgan fingerprint density at radius 2 is 1.84 bits per heavy atom. The topological polar surface area (TPSA) is 42.2 Å². The van der Waals surface area contributed by atoms with Gasteiger partial charge in [-0.15, -0.1) is 0 Å². The average molecular weight is 346 g/mol. The average Bonchev–Trinajstić information content (AvgIpc) is 3.06. The second kappa shape index (κ2) is 6.61. The van der Waals surface area contributed by atoms with Gasteiger partial charge in [-0.25, -0.2) is 9.97 Å². The summed E-state index contributed by atoms with van der Waals surface area (Å²) >= 11 is 1.54. The lowest BCUT2D eigenvalue weighted by molar-refractivity contribution is 1.13. The highest BCUT2D eigenvalue weighted by Crippen LogP contribution is 2.26. The van der Waals surface area contributed by atoms with Crippen molar-refractivity contribution in [3.8, 4) is 11.3 Å². The molecule has 2 aromatic heterocycles. The second-order valence-electron chi connectivity index (χ2n) is 6.02. The van der Waals surface area contributed by atoms with Crippen LogP contribution < -0.4 is 4.72 Å². The lowest BCUT2D eigenvalue weighted by Gasteiger charge is -2.05. The molecule has 0 aliphatic rings. The summed E-state index contributed by atoms with van der Waals surface area (Å²) in [6.45, 7) is 4.17. The van der Waals surface area contributed by atoms with E-state index in [2.05, 4.69) is 72.1 Å². The van der Waals surface area contributed by atoms with E-state index in [9.17, 15) is 0 Å². The van der Waals surface area contributed by atoms with Crippen molar-refractivity contribution >= 4 is 23.4 Å². The molecule has 0 saturated heterocycles. The number of nitrogens with one attached hydrogen (secondary N) is 1. The SMILES string of the molecule is Cc1ccc(SNc2nccn3cc(-c4cccc(C)c4)nc23)cc1. The minimum Gasteiger partial charge on any atom is -0.307 e. The molecule has 0 atom stereocenters. The summed E-state index contributed by atoms with van der Waals surface area (Å²) in [6.07, 6.45) is 5.74. The van der Waals surface area contributed by atoms with Crippen molar-refractivity contribution < 1.29 is 0 Å². The molecular formula is C20H18N4S. The number of aryl methyl sites for hydroxylation is 2. The van der Waals surface area contributed by atoms with Crippen LogP contribution in [-0.2, 0) is 0 Å². The number of imidazole rings is 1. The molecule has 2 heterocycles. The van der Waals surface area contributed by atoms with Crippen LogP contribution in [0.3, 0.4) is 0 Å². The maximum atomic E-state index is 4.78. The summed E-state index contributed by atoms with van der Waals surface area (Å²) in [5.41, 5.74) is 5.35. The first kappa shape index (κ1) is 15.7. The van der Waals surface area contributed by atoms with Gasteiger partial charge < -0.3 is 9.12 Å². The first-order valence-electron chi connectivity index (χ1n) is 8.09. The van der Waals surface area contributed by atoms with E-state index in [1.54, 1.807) is 6.20 Å². The van der Waals surface area contributed by atoms with Gasteiger partial charge in [0.05, 0.1) is 5.69 Å². The first-order valence-corrected chi connectivity index (χ1v) is 8.91. The van der Waals surface area contributed by atoms with E-state index in [1.165, 1.54) is 23.1 Å². The molecule has 4 aromatic rings. The molecule has 0 unspecified atom stereocenters. The molecule has 5 heteroatoms. The Balaban J connectivity index is 1.64. The second-order valence-corrected chi connectivity index (χ2v) is 6.90. The molecule has 0 aliphatic heterocycles. The molecule has 0 aliphatic carbocycles. The van der Waals surface area contributed by atoms with Gasteiger partial charge in [-0.1, -0.05) is 41.5 Å². The molecule has 2 aromatic carbocycles. The Bertz CT molecular complexity index is 1020. The third-order valence-corrected chi connectivity index (χ3v) is 4.78. The molecule has 0 saturated carbocycles. The number of aromatic nitrogens is 3. The number of nitrogens with zero attached hydrogens (tertiary/aromatic N) is 3. The van der Waals surface area contributed by atoms with E-state index in [4.69, 9.17) is 4.98 Å². The largest absolute Gasteiger partial charge is 0.307 e. The first-order chi connectivity index (χ1) is 12.2. The van der Waals surface area contributed by atoms with Crippen LogP contribution in [0.2, 0.25) is 0 Å². The van der Waals surface area contributed by atoms with Crippen LogP contribution in [-0.4, -0.2) is 14.4 Å². The van der Waals surface area contributed by atoms with Crippen LogP contribution in [0.1, 0.15) is 11.1 Å². The van der Waals surface area contributed by atoms with E-state index in [0.717, 1.165) is 27.6 Å². The summed E-state index contributed by atoms with van der Waals surface area (Å²) in [6, 6.07) is 16.8. The van der Waals surface area contributed by atoms with Crippen LogP contribution in [0.4, 0.5) is 5.82 Å². The standard InChI is InChI=1S/C20H18N4S/c1-14-6-8-17(9-7-14)25-23-19-20-22-18(13-24(20)11-10-21-19)16-5-3-4-15(2)12-16/h3-13H,1-2H3,(H,21,23). The highest BCUT2D eigenvalue weighted by Gasteiger charge is 2.09. The number of anilines is 1. The third-order valence-electron chi connectivity index (χ3n) is 3.98. The fraction of sp³-hybridized carbons (Fsp3) is 0.100. The Morgan fingerprint density at radius 3 is 2.64 bits per heavy atom. The summed E-state index contributed by atoms with van der Waals surface area (Å²) in [4.78, 5) is 10.4. The molecule has 4 nitrogen and oxygen atoms in total. The van der Waals surface area contributed by atoms with Crippen molar-refractivity contribution in [1.29, 1.82) is 0 Å². The lowest BCUT2D eigenvalue weighted by Crippen LogP contribution is -1.95. The smallest absolute Gasteiger partial charge is 0.181 e. The Morgan fingerprint density at radius 1 is 1.00 bits per heavy atom. The van der Waals surface area contributed by atoms with Gasteiger partial charge in [-0.05, 0) is 44.0 Å². The fourth-order valence-corrected chi connectivity index (χ4v) is 3.28. The zero-order chi connectivity index (χ0) is 17.2. The van der Waals surface area contributed by atoms with Crippen molar-refractivity contribution in [1.82, 2.24) is 14.4 Å². The maximum absolute atomic E-state index is 4.78. The zero-order valence-corrected chi connectivity index (χ0v) is 14.9. The predicted molar refractivity (Wildman–Crippen MR) is 104 cm³/mol. The Labute approximate surface area is 151 Å². The highest BCUT2D eigenvalue weighted by molar-refractivity contribution is 8.00. The monoisotopic (exact) mass is 346 g/mol. The molecule has 1 N–H and O–H groups in total. The van der Waals surface area contributed by atoms with Crippen molar-refractivity contribution in [2.24, 2.45) is 0 Å². The fourth-order valence-electron chi connectivity index (χ4n) is 2.65. The number of rotatable bonds is 4. The summed E-state index contributed by atoms with van der Waals surface area (Å²) in [7, 11) is 0. The van der Waals surface area contributed by atoms with Gasteiger partial charge in [0.15, 0.2) is 11.5 Å². The minimum atomic E-state index is 0.756. The van der Waals surface area contributed by atoms with Crippen molar-refractivity contribution in [3.63, 3.8) is 0 Å². The Hall–Kier alpha value is -2.79. The molecule has 0 fully saturated rings. The van der Waals surface area contributed by atoms with Gasteiger partial charge in [0.2, 0.25) is 0 Å². The third kappa shape index (κ3) is 3.37.